The average molecular weight is 285 g/mol. The highest BCUT2D eigenvalue weighted by molar-refractivity contribution is 5.38. The summed E-state index contributed by atoms with van der Waals surface area (Å²) in [6.07, 6.45) is 2.66. The molecule has 0 spiro atoms. The Kier molecular flexibility index (Phi) is 3.93. The van der Waals surface area contributed by atoms with Crippen LogP contribution in [0, 0.1) is 12.7 Å². The maximum Gasteiger partial charge on any atom is 0.123 e. The minimum Gasteiger partial charge on any atom is -0.490 e. The molecule has 2 aromatic carbocycles. The van der Waals surface area contributed by atoms with Crippen LogP contribution in [-0.4, -0.2) is 13.2 Å². The Morgan fingerprint density at radius 1 is 1.14 bits per heavy atom. The molecule has 3 heteroatoms. The van der Waals surface area contributed by atoms with Gasteiger partial charge in [0.25, 0.3) is 0 Å². The lowest BCUT2D eigenvalue weighted by Crippen LogP contribution is -2.18. The third kappa shape index (κ3) is 3.42. The summed E-state index contributed by atoms with van der Waals surface area (Å²) < 4.78 is 19.5. The molecule has 2 aromatic rings. The van der Waals surface area contributed by atoms with E-state index in [-0.39, 0.29) is 11.9 Å². The number of hydrogen-bond acceptors (Lipinski definition) is 2. The monoisotopic (exact) mass is 285 g/mol. The normalized spacial score (nSPS) is 15.8. The third-order valence-electron chi connectivity index (χ3n) is 3.71. The lowest BCUT2D eigenvalue weighted by atomic mass is 9.97. The van der Waals surface area contributed by atoms with Crippen LogP contribution < -0.4 is 10.1 Å². The number of halogens is 1. The molecule has 1 atom stereocenters. The van der Waals surface area contributed by atoms with Crippen molar-refractivity contribution < 1.29 is 9.13 Å². The Hall–Kier alpha value is -1.87. The molecule has 1 fully saturated rings. The number of benzene rings is 2. The molecule has 1 saturated carbocycles. The molecule has 2 nitrogen and oxygen atoms in total. The molecular weight excluding hydrogens is 265 g/mol. The topological polar surface area (TPSA) is 21.3 Å². The Balaban J connectivity index is 1.91. The van der Waals surface area contributed by atoms with Gasteiger partial charge in [-0.3, -0.25) is 0 Å². The van der Waals surface area contributed by atoms with Crippen molar-refractivity contribution in [1.82, 2.24) is 5.32 Å². The van der Waals surface area contributed by atoms with Crippen LogP contribution in [0.3, 0.4) is 0 Å². The lowest BCUT2D eigenvalue weighted by molar-refractivity contribution is 0.302. The number of aryl methyl sites for hydroxylation is 1. The number of rotatable bonds is 5. The van der Waals surface area contributed by atoms with Crippen molar-refractivity contribution in [2.45, 2.75) is 31.9 Å². The quantitative estimate of drug-likeness (QED) is 0.897. The van der Waals surface area contributed by atoms with Gasteiger partial charge >= 0.3 is 0 Å². The average Bonchev–Trinajstić information content (AvgIpc) is 3.23. The van der Waals surface area contributed by atoms with E-state index in [0.29, 0.717) is 6.10 Å². The second-order valence-corrected chi connectivity index (χ2v) is 5.67. The smallest absolute Gasteiger partial charge is 0.123 e. The minimum absolute atomic E-state index is 0.0397. The Labute approximate surface area is 125 Å². The first-order valence-corrected chi connectivity index (χ1v) is 7.36. The van der Waals surface area contributed by atoms with E-state index in [1.807, 2.05) is 44.3 Å². The fraction of sp³-hybridized carbons (Fsp3) is 0.333. The molecule has 21 heavy (non-hydrogen) atoms. The van der Waals surface area contributed by atoms with Crippen LogP contribution in [0.15, 0.2) is 42.5 Å². The van der Waals surface area contributed by atoms with Crippen molar-refractivity contribution in [3.05, 3.63) is 65.0 Å². The first-order valence-electron chi connectivity index (χ1n) is 7.36. The summed E-state index contributed by atoms with van der Waals surface area (Å²) in [5, 5.41) is 3.26. The molecule has 3 rings (SSSR count). The highest BCUT2D eigenvalue weighted by Gasteiger charge is 2.24. The maximum atomic E-state index is 13.6. The van der Waals surface area contributed by atoms with E-state index < -0.39 is 0 Å². The van der Waals surface area contributed by atoms with E-state index in [9.17, 15) is 4.39 Å². The number of hydrogen-bond donors (Lipinski definition) is 1. The van der Waals surface area contributed by atoms with Crippen LogP contribution >= 0.6 is 0 Å². The molecule has 1 aliphatic carbocycles. The highest BCUT2D eigenvalue weighted by atomic mass is 19.1. The second kappa shape index (κ2) is 5.86. The predicted octanol–water partition coefficient (Wildman–Crippen LogP) is 3.98. The van der Waals surface area contributed by atoms with Crippen LogP contribution in [0.1, 0.15) is 35.6 Å². The summed E-state index contributed by atoms with van der Waals surface area (Å²) in [4.78, 5) is 0. The minimum atomic E-state index is -0.198. The number of nitrogens with one attached hydrogen (secondary N) is 1. The Morgan fingerprint density at radius 3 is 2.62 bits per heavy atom. The van der Waals surface area contributed by atoms with Crippen molar-refractivity contribution in [1.29, 1.82) is 0 Å². The van der Waals surface area contributed by atoms with Crippen molar-refractivity contribution in [2.24, 2.45) is 0 Å². The van der Waals surface area contributed by atoms with Gasteiger partial charge in [-0.1, -0.05) is 18.2 Å². The van der Waals surface area contributed by atoms with Gasteiger partial charge in [0, 0.05) is 0 Å². The molecule has 0 amide bonds. The Bertz CT molecular complexity index is 617. The summed E-state index contributed by atoms with van der Waals surface area (Å²) in [5.41, 5.74) is 2.94. The molecule has 1 N–H and O–H groups in total. The van der Waals surface area contributed by atoms with Gasteiger partial charge in [-0.2, -0.15) is 0 Å². The van der Waals surface area contributed by atoms with Gasteiger partial charge in [-0.25, -0.2) is 4.39 Å². The molecule has 0 radical (unpaired) electrons. The predicted molar refractivity (Wildman–Crippen MR) is 82.1 cm³/mol. The van der Waals surface area contributed by atoms with E-state index in [0.717, 1.165) is 35.3 Å². The fourth-order valence-electron chi connectivity index (χ4n) is 2.60. The lowest BCUT2D eigenvalue weighted by Gasteiger charge is -2.19. The van der Waals surface area contributed by atoms with Crippen molar-refractivity contribution >= 4 is 0 Å². The van der Waals surface area contributed by atoms with E-state index in [1.54, 1.807) is 12.1 Å². The first-order chi connectivity index (χ1) is 10.2. The fourth-order valence-corrected chi connectivity index (χ4v) is 2.60. The van der Waals surface area contributed by atoms with Gasteiger partial charge in [0.2, 0.25) is 0 Å². The summed E-state index contributed by atoms with van der Waals surface area (Å²) in [6.45, 7) is 1.91. The van der Waals surface area contributed by atoms with E-state index in [2.05, 4.69) is 5.32 Å². The summed E-state index contributed by atoms with van der Waals surface area (Å²) in [7, 11) is 1.89. The van der Waals surface area contributed by atoms with Crippen molar-refractivity contribution in [3.63, 3.8) is 0 Å². The second-order valence-electron chi connectivity index (χ2n) is 5.67. The summed E-state index contributed by atoms with van der Waals surface area (Å²) in [6, 6.07) is 13.2. The summed E-state index contributed by atoms with van der Waals surface area (Å²) in [5.74, 6) is 0.694. The largest absolute Gasteiger partial charge is 0.490 e. The molecular formula is C18H20FNO. The van der Waals surface area contributed by atoms with Gasteiger partial charge in [-0.15, -0.1) is 0 Å². The molecule has 0 heterocycles. The van der Waals surface area contributed by atoms with Crippen LogP contribution in [0.5, 0.6) is 5.75 Å². The van der Waals surface area contributed by atoms with Gasteiger partial charge < -0.3 is 10.1 Å². The van der Waals surface area contributed by atoms with Crippen molar-refractivity contribution in [3.8, 4) is 5.75 Å². The molecule has 1 aliphatic rings. The number of ether oxygens (including phenoxy) is 1. The SMILES string of the molecule is CNC(c1cc(C)cc(F)c1)c1cccc(OC2CC2)c1. The maximum absolute atomic E-state index is 13.6. The molecule has 0 aliphatic heterocycles. The van der Waals surface area contributed by atoms with E-state index in [1.165, 1.54) is 0 Å². The molecule has 0 bridgehead atoms. The summed E-state index contributed by atoms with van der Waals surface area (Å²) >= 11 is 0. The van der Waals surface area contributed by atoms with Gasteiger partial charge in [0.05, 0.1) is 12.1 Å². The van der Waals surface area contributed by atoms with Gasteiger partial charge in [-0.05, 0) is 67.8 Å². The van der Waals surface area contributed by atoms with Crippen molar-refractivity contribution in [2.75, 3.05) is 7.05 Å². The van der Waals surface area contributed by atoms with Crippen LogP contribution in [-0.2, 0) is 0 Å². The van der Waals surface area contributed by atoms with Crippen LogP contribution in [0.2, 0.25) is 0 Å². The zero-order chi connectivity index (χ0) is 14.8. The molecule has 0 saturated heterocycles. The van der Waals surface area contributed by atoms with E-state index in [4.69, 9.17) is 4.74 Å². The third-order valence-corrected chi connectivity index (χ3v) is 3.71. The zero-order valence-electron chi connectivity index (χ0n) is 12.4. The van der Waals surface area contributed by atoms with Gasteiger partial charge in [0.15, 0.2) is 0 Å². The molecule has 110 valence electrons. The highest BCUT2D eigenvalue weighted by Crippen LogP contribution is 2.30. The van der Waals surface area contributed by atoms with Crippen LogP contribution in [0.25, 0.3) is 0 Å². The van der Waals surface area contributed by atoms with Gasteiger partial charge in [0.1, 0.15) is 11.6 Å². The van der Waals surface area contributed by atoms with Crippen LogP contribution in [0.4, 0.5) is 4.39 Å². The van der Waals surface area contributed by atoms with E-state index >= 15 is 0 Å². The molecule has 0 aromatic heterocycles. The molecule has 1 unspecified atom stereocenters. The zero-order valence-corrected chi connectivity index (χ0v) is 12.4. The Morgan fingerprint density at radius 2 is 1.95 bits per heavy atom. The first kappa shape index (κ1) is 14.1. The standard InChI is InChI=1S/C18H20FNO/c1-12-8-14(10-15(19)9-12)18(20-2)13-4-3-5-17(11-13)21-16-6-7-16/h3-5,8-11,16,18,20H,6-7H2,1-2H3.